The minimum atomic E-state index is -1.45. The molecule has 0 spiro atoms. The maximum atomic E-state index is 12.4. The van der Waals surface area contributed by atoms with Gasteiger partial charge < -0.3 is 58.0 Å². The number of rotatable bonds is 14. The number of anilines is 2. The van der Waals surface area contributed by atoms with Crippen molar-refractivity contribution in [1.29, 1.82) is 0 Å². The van der Waals surface area contributed by atoms with Crippen LogP contribution in [0.4, 0.5) is 16.0 Å². The highest BCUT2D eigenvalue weighted by atomic mass is 79.9. The molecule has 8 heterocycles. The Kier molecular flexibility index (Phi) is 38.9. The van der Waals surface area contributed by atoms with E-state index in [9.17, 15) is 4.39 Å². The lowest BCUT2D eigenvalue weighted by molar-refractivity contribution is 0.00578. The summed E-state index contributed by atoms with van der Waals surface area (Å²) >= 11 is 6.58. The summed E-state index contributed by atoms with van der Waals surface area (Å²) in [5.41, 5.74) is 1.71. The normalized spacial score (nSPS) is 17.2. The summed E-state index contributed by atoms with van der Waals surface area (Å²) in [6, 6.07) is 5.53. The first kappa shape index (κ1) is 86.3. The molecule has 5 aliphatic heterocycles. The van der Waals surface area contributed by atoms with Gasteiger partial charge in [-0.05, 0) is 131 Å². The number of aromatic nitrogens is 3. The van der Waals surface area contributed by atoms with Crippen LogP contribution in [0.3, 0.4) is 0 Å². The lowest BCUT2D eigenvalue weighted by Gasteiger charge is -2.46. The zero-order chi connectivity index (χ0) is 65.9. The van der Waals surface area contributed by atoms with Crippen LogP contribution in [-0.2, 0) is 32.8 Å². The van der Waals surface area contributed by atoms with Crippen molar-refractivity contribution in [2.24, 2.45) is 0 Å². The van der Waals surface area contributed by atoms with Crippen molar-refractivity contribution in [2.75, 3.05) is 88.7 Å². The van der Waals surface area contributed by atoms with E-state index in [0.29, 0.717) is 24.2 Å². The smallest absolute Gasteiger partial charge is 0.423 e. The van der Waals surface area contributed by atoms with E-state index in [1.807, 2.05) is 68.5 Å². The van der Waals surface area contributed by atoms with E-state index < -0.39 is 97.3 Å². The molecule has 89 heavy (non-hydrogen) atoms. The Morgan fingerprint density at radius 3 is 1.08 bits per heavy atom. The highest BCUT2D eigenvalue weighted by Gasteiger charge is 2.64. The summed E-state index contributed by atoms with van der Waals surface area (Å²) in [4.78, 5) is 16.6. The highest BCUT2D eigenvalue weighted by molar-refractivity contribution is 9.10. The van der Waals surface area contributed by atoms with Crippen LogP contribution in [0, 0.1) is 26.7 Å². The average molecular weight is 1300 g/mol. The van der Waals surface area contributed by atoms with Crippen molar-refractivity contribution >= 4 is 241 Å². The van der Waals surface area contributed by atoms with Crippen molar-refractivity contribution in [3.8, 4) is 0 Å². The van der Waals surface area contributed by atoms with Gasteiger partial charge in [0.1, 0.15) is 11.6 Å². The van der Waals surface area contributed by atoms with E-state index >= 15 is 0 Å². The molecule has 15 nitrogen and oxygen atoms in total. The molecule has 436 valence electrons. The number of hydrogen-bond acceptors (Lipinski definition) is 15. The number of nitrogens with zero attached hydrogens (tertiary/aromatic N) is 5. The third-order valence-corrected chi connectivity index (χ3v) is 16.9. The number of halogens is 3. The maximum Gasteiger partial charge on any atom is 0.490 e. The molecule has 0 atom stereocenters. The van der Waals surface area contributed by atoms with E-state index in [2.05, 4.69) is 74.9 Å². The Morgan fingerprint density at radius 1 is 0.483 bits per heavy atom. The van der Waals surface area contributed by atoms with Crippen molar-refractivity contribution in [3.63, 3.8) is 0 Å². The Bertz CT molecular complexity index is 2400. The topological polar surface area (TPSA) is 162 Å². The molecule has 45 heteroatoms. The van der Waals surface area contributed by atoms with Crippen LogP contribution in [0.5, 0.6) is 0 Å². The van der Waals surface area contributed by atoms with Crippen molar-refractivity contribution in [1.82, 2.24) is 20.3 Å². The second-order valence-corrected chi connectivity index (χ2v) is 25.8. The van der Waals surface area contributed by atoms with Gasteiger partial charge in [-0.2, -0.15) is 4.39 Å². The Balaban J connectivity index is 0.000000551. The zero-order valence-electron chi connectivity index (χ0n) is 52.7. The first-order chi connectivity index (χ1) is 40.4. The van der Waals surface area contributed by atoms with Gasteiger partial charge in [0.05, 0.1) is 62.0 Å². The molecular weight excluding hydrogens is 1230 g/mol. The second-order valence-electron chi connectivity index (χ2n) is 24.0. The van der Waals surface area contributed by atoms with E-state index in [1.54, 1.807) is 19.1 Å². The van der Waals surface area contributed by atoms with Crippen molar-refractivity contribution < 1.29 is 47.3 Å². The van der Waals surface area contributed by atoms with E-state index in [1.165, 1.54) is 18.0 Å². The largest absolute Gasteiger partial charge is 0.490 e. The molecule has 26 radical (unpaired) electrons. The predicted octanol–water partition coefficient (Wildman–Crippen LogP) is -2.82. The van der Waals surface area contributed by atoms with Gasteiger partial charge in [-0.1, -0.05) is 20.9 Å². The highest BCUT2D eigenvalue weighted by Crippen LogP contribution is 2.43. The molecular formula is C44H74B27Br2FN6O9. The molecule has 0 aromatic carbocycles. The molecule has 3 N–H and O–H groups in total. The van der Waals surface area contributed by atoms with E-state index in [-0.39, 0.29) is 37.3 Å². The van der Waals surface area contributed by atoms with Crippen LogP contribution < -0.4 is 20.6 Å². The van der Waals surface area contributed by atoms with Gasteiger partial charge in [0.25, 0.3) is 0 Å². The molecule has 3 aromatic rings. The SMILES string of the molecule is C.C.C1COCCN1.CC1(C)OB(B2OC(C)(C)C(C)(C)O2)OC1(C)C.Cc1cc(B(O)O)cnc1N1CCOCC1.Cc1cc(Br)cnc1F.Cc1cc(Br)cnc1N1CCOCC1.[B]B([B])B([B])B(B([B])[B])B(B(B([B])[B])B([B])[B])B(B([B])[B])B([B])[B]. The maximum absolute atomic E-state index is 12.4. The minimum Gasteiger partial charge on any atom is -0.423 e. The molecule has 5 saturated heterocycles. The summed E-state index contributed by atoms with van der Waals surface area (Å²) in [6.45, 7) is 32.3. The van der Waals surface area contributed by atoms with E-state index in [4.69, 9.17) is 143 Å². The van der Waals surface area contributed by atoms with Crippen molar-refractivity contribution in [2.45, 2.75) is 113 Å². The number of pyridine rings is 3. The number of morpholine rings is 3. The molecule has 0 unspecified atom stereocenters. The van der Waals surface area contributed by atoms with Gasteiger partial charge in [0.2, 0.25) is 5.95 Å². The number of hydrogen-bond donors (Lipinski definition) is 3. The molecule has 0 saturated carbocycles. The van der Waals surface area contributed by atoms with Gasteiger partial charge in [-0.25, -0.2) is 15.0 Å². The quantitative estimate of drug-likeness (QED) is 0.112. The van der Waals surface area contributed by atoms with Crippen LogP contribution in [0.1, 0.15) is 86.9 Å². The summed E-state index contributed by atoms with van der Waals surface area (Å²) in [5.74, 6) is 1.57. The molecule has 8 rings (SSSR count). The lowest BCUT2D eigenvalue weighted by atomic mass is 8.35. The molecule has 5 aliphatic rings. The fourth-order valence-corrected chi connectivity index (χ4v) is 10.7. The molecule has 5 fully saturated rings. The fourth-order valence-electron chi connectivity index (χ4n) is 9.85. The van der Waals surface area contributed by atoms with E-state index in [0.717, 1.165) is 91.8 Å². The lowest BCUT2D eigenvalue weighted by Crippen LogP contribution is -2.84. The van der Waals surface area contributed by atoms with Gasteiger partial charge in [-0.3, -0.25) is 0 Å². The Hall–Kier alpha value is -0.707. The van der Waals surface area contributed by atoms with Crippen LogP contribution >= 0.6 is 31.9 Å². The summed E-state index contributed by atoms with van der Waals surface area (Å²) in [5, 5.41) is 21.2. The van der Waals surface area contributed by atoms with Crippen molar-refractivity contribution in [3.05, 3.63) is 68.4 Å². The molecule has 0 bridgehead atoms. The number of aryl methyl sites for hydroxylation is 3. The first-order valence-electron chi connectivity index (χ1n) is 29.1. The summed E-state index contributed by atoms with van der Waals surface area (Å²) < 4.78 is 53.6. The Labute approximate surface area is 574 Å². The second kappa shape index (κ2) is 40.1. The summed E-state index contributed by atoms with van der Waals surface area (Å²) in [7, 11) is 73.8. The van der Waals surface area contributed by atoms with Crippen LogP contribution in [-0.4, -0.2) is 318 Å². The average Bonchev–Trinajstić information content (AvgIpc) is 1.64. The zero-order valence-corrected chi connectivity index (χ0v) is 55.8. The number of nitrogens with one attached hydrogen (secondary N) is 1. The third-order valence-electron chi connectivity index (χ3n) is 16.0. The summed E-state index contributed by atoms with van der Waals surface area (Å²) in [6.07, 6.45) is -4.78. The molecule has 3 aromatic heterocycles. The molecule has 0 amide bonds. The first-order valence-corrected chi connectivity index (χ1v) is 30.7. The van der Waals surface area contributed by atoms with Gasteiger partial charge in [-0.15, -0.1) is 0 Å². The molecule has 0 aliphatic carbocycles. The third kappa shape index (κ3) is 26.7. The van der Waals surface area contributed by atoms with Gasteiger partial charge in [0.15, 0.2) is 0 Å². The van der Waals surface area contributed by atoms with Crippen LogP contribution in [0.25, 0.3) is 0 Å². The minimum absolute atomic E-state index is 0. The predicted molar refractivity (Wildman–Crippen MR) is 406 cm³/mol. The van der Waals surface area contributed by atoms with Crippen LogP contribution in [0.15, 0.2) is 45.7 Å². The monoisotopic (exact) mass is 1300 g/mol. The Morgan fingerprint density at radius 2 is 0.809 bits per heavy atom. The fraction of sp³-hybridized carbons (Fsp3) is 0.659. The standard InChI is InChI=1S/C12H24B2O4.C10H15BN2O3.C10H13BrN2O.C6H5BrFN.C4H9NO.2CH4.B24/c1-9(2)10(3,4)16-13(15-9)14-17-11(5,6)12(7,8)18-14;1-8-6-9(11(14)15)7-12-10(8)13-2-4-16-5-3-13;1-8-6-9(11)7-12-10(8)13-2-4-14-5-3-13;1-4-2-5(7)3-9-6(4)8;1-3-6-4-2-5-1;;;1-14(2)20(13)23(19(11)12)24(21(15(3)4)16(5)6)22(17(7)8)18(9)10/h1-8H3;6-7,14-15H,2-5H2,1H3;6-7H,2-5H2,1H3;2-3H,1H3;5H,1-4H2;2*1H4;. The van der Waals surface area contributed by atoms with Gasteiger partial charge >= 0.3 is 21.1 Å². The van der Waals surface area contributed by atoms with Gasteiger partial charge in [0, 0.05) is 249 Å². The number of ether oxygens (including phenoxy) is 3. The van der Waals surface area contributed by atoms with Crippen LogP contribution in [0.2, 0.25) is 0 Å².